The number of rotatable bonds is 11. The molecule has 8 nitrogen and oxygen atoms in total. The number of thioether (sulfide) groups is 1. The van der Waals surface area contributed by atoms with Crippen molar-refractivity contribution < 1.29 is 14.4 Å². The Hall–Kier alpha value is -3.85. The van der Waals surface area contributed by atoms with E-state index in [2.05, 4.69) is 10.2 Å². The van der Waals surface area contributed by atoms with Gasteiger partial charge in [-0.05, 0) is 68.7 Å². The molecule has 0 saturated heterocycles. The van der Waals surface area contributed by atoms with Crippen LogP contribution in [0.5, 0.6) is 11.5 Å². The molecule has 192 valence electrons. The van der Waals surface area contributed by atoms with Crippen molar-refractivity contribution in [2.45, 2.75) is 44.7 Å². The van der Waals surface area contributed by atoms with Gasteiger partial charge < -0.3 is 9.47 Å². The largest absolute Gasteiger partial charge is 0.490 e. The van der Waals surface area contributed by atoms with Crippen LogP contribution < -0.4 is 9.47 Å². The Morgan fingerprint density at radius 2 is 1.73 bits per heavy atom. The number of benzene rings is 3. The molecule has 1 atom stereocenters. The Morgan fingerprint density at radius 1 is 0.946 bits per heavy atom. The fraction of sp³-hybridized carbons (Fsp3) is 0.286. The molecule has 0 aliphatic heterocycles. The van der Waals surface area contributed by atoms with Crippen LogP contribution in [-0.2, 0) is 6.61 Å². The summed E-state index contributed by atoms with van der Waals surface area (Å²) in [6.07, 6.45) is 0. The lowest BCUT2D eigenvalue weighted by atomic mass is 10.1. The van der Waals surface area contributed by atoms with E-state index in [1.807, 2.05) is 99.0 Å². The van der Waals surface area contributed by atoms with Crippen LogP contribution in [-0.4, -0.2) is 32.8 Å². The van der Waals surface area contributed by atoms with Crippen LogP contribution in [0.1, 0.15) is 40.3 Å². The number of nitrogens with zero attached hydrogens (tertiary/aromatic N) is 4. The first-order chi connectivity index (χ1) is 17.8. The topological polar surface area (TPSA) is 92.3 Å². The molecule has 37 heavy (non-hydrogen) atoms. The lowest BCUT2D eigenvalue weighted by Crippen LogP contribution is -2.12. The van der Waals surface area contributed by atoms with E-state index in [0.717, 1.165) is 22.4 Å². The number of ether oxygens (including phenoxy) is 2. The van der Waals surface area contributed by atoms with E-state index in [-0.39, 0.29) is 11.5 Å². The summed E-state index contributed by atoms with van der Waals surface area (Å²) in [4.78, 5) is 11.3. The van der Waals surface area contributed by atoms with Crippen molar-refractivity contribution in [1.29, 1.82) is 0 Å². The van der Waals surface area contributed by atoms with Crippen molar-refractivity contribution in [3.8, 4) is 17.2 Å². The van der Waals surface area contributed by atoms with Gasteiger partial charge in [-0.25, -0.2) is 0 Å². The standard InChI is InChI=1S/C28H30N4O4S/c1-5-35-26-16-23(13-14-25(26)36-18-22-11-9-19(2)10-12-22)27(17-31(33)34)37-28-30-29-21(4)32(28)24-8-6-7-20(3)15-24/h6-16,27H,5,17-18H2,1-4H3/t27-/m0/s1. The number of hydrogen-bond donors (Lipinski definition) is 0. The molecule has 0 N–H and O–H groups in total. The van der Waals surface area contributed by atoms with Gasteiger partial charge in [0.25, 0.3) is 0 Å². The Morgan fingerprint density at radius 3 is 2.43 bits per heavy atom. The van der Waals surface area contributed by atoms with Crippen molar-refractivity contribution in [3.63, 3.8) is 0 Å². The van der Waals surface area contributed by atoms with Crippen LogP contribution in [0.2, 0.25) is 0 Å². The van der Waals surface area contributed by atoms with Crippen LogP contribution in [0.3, 0.4) is 0 Å². The third-order valence-electron chi connectivity index (χ3n) is 5.77. The SMILES string of the molecule is CCOc1cc([C@H](C[N+](=O)[O-])Sc2nnc(C)n2-c2cccc(C)c2)ccc1OCc1ccc(C)cc1. The molecular weight excluding hydrogens is 488 g/mol. The van der Waals surface area contributed by atoms with Gasteiger partial charge in [0.2, 0.25) is 6.54 Å². The normalized spacial score (nSPS) is 11.8. The van der Waals surface area contributed by atoms with Gasteiger partial charge >= 0.3 is 0 Å². The lowest BCUT2D eigenvalue weighted by molar-refractivity contribution is -0.479. The van der Waals surface area contributed by atoms with Gasteiger partial charge in [0.1, 0.15) is 17.7 Å². The first-order valence-electron chi connectivity index (χ1n) is 12.1. The second-order valence-electron chi connectivity index (χ2n) is 8.74. The summed E-state index contributed by atoms with van der Waals surface area (Å²) >= 11 is 1.31. The maximum atomic E-state index is 11.6. The van der Waals surface area contributed by atoms with E-state index in [4.69, 9.17) is 9.47 Å². The Kier molecular flexibility index (Phi) is 8.45. The van der Waals surface area contributed by atoms with Crippen LogP contribution >= 0.6 is 11.8 Å². The molecule has 0 bridgehead atoms. The van der Waals surface area contributed by atoms with Crippen molar-refractivity contribution in [2.24, 2.45) is 0 Å². The molecule has 9 heteroatoms. The predicted molar refractivity (Wildman–Crippen MR) is 144 cm³/mol. The van der Waals surface area contributed by atoms with Gasteiger partial charge in [-0.2, -0.15) is 0 Å². The van der Waals surface area contributed by atoms with Crippen molar-refractivity contribution in [3.05, 3.63) is 105 Å². The zero-order valence-corrected chi connectivity index (χ0v) is 22.2. The molecule has 0 radical (unpaired) electrons. The quantitative estimate of drug-likeness (QED) is 0.131. The first kappa shape index (κ1) is 26.2. The third kappa shape index (κ3) is 6.68. The average Bonchev–Trinajstić information content (AvgIpc) is 3.23. The zero-order valence-electron chi connectivity index (χ0n) is 21.4. The minimum absolute atomic E-state index is 0.278. The van der Waals surface area contributed by atoms with Gasteiger partial charge in [0.05, 0.1) is 6.61 Å². The minimum atomic E-state index is -0.507. The van der Waals surface area contributed by atoms with Crippen molar-refractivity contribution >= 4 is 11.8 Å². The van der Waals surface area contributed by atoms with Gasteiger partial charge in [-0.1, -0.05) is 59.8 Å². The second-order valence-corrected chi connectivity index (χ2v) is 9.91. The predicted octanol–water partition coefficient (Wildman–Crippen LogP) is 6.28. The molecule has 3 aromatic carbocycles. The highest BCUT2D eigenvalue weighted by molar-refractivity contribution is 7.99. The molecule has 1 heterocycles. The monoisotopic (exact) mass is 518 g/mol. The fourth-order valence-electron chi connectivity index (χ4n) is 3.91. The van der Waals surface area contributed by atoms with E-state index in [1.165, 1.54) is 17.3 Å². The van der Waals surface area contributed by atoms with Crippen molar-refractivity contribution in [1.82, 2.24) is 14.8 Å². The van der Waals surface area contributed by atoms with E-state index in [9.17, 15) is 10.1 Å². The summed E-state index contributed by atoms with van der Waals surface area (Å²) < 4.78 is 13.8. The summed E-state index contributed by atoms with van der Waals surface area (Å²) in [5.41, 5.74) is 5.01. The molecule has 0 aliphatic carbocycles. The maximum Gasteiger partial charge on any atom is 0.220 e. The number of aromatic nitrogens is 3. The van der Waals surface area contributed by atoms with Gasteiger partial charge in [0.15, 0.2) is 16.7 Å². The molecule has 0 fully saturated rings. The van der Waals surface area contributed by atoms with Gasteiger partial charge in [0, 0.05) is 10.6 Å². The first-order valence-corrected chi connectivity index (χ1v) is 12.9. The summed E-state index contributed by atoms with van der Waals surface area (Å²) in [6.45, 7) is 8.38. The number of nitro groups is 1. The molecule has 0 spiro atoms. The molecule has 1 aromatic heterocycles. The third-order valence-corrected chi connectivity index (χ3v) is 6.95. The second kappa shape index (κ2) is 11.9. The summed E-state index contributed by atoms with van der Waals surface area (Å²) in [6, 6.07) is 21.6. The Bertz CT molecular complexity index is 1370. The Balaban J connectivity index is 1.62. The van der Waals surface area contributed by atoms with Crippen LogP contribution in [0.4, 0.5) is 0 Å². The number of aryl methyl sites for hydroxylation is 3. The zero-order chi connectivity index (χ0) is 26.4. The van der Waals surface area contributed by atoms with Crippen molar-refractivity contribution in [2.75, 3.05) is 13.2 Å². The fourth-order valence-corrected chi connectivity index (χ4v) is 5.08. The maximum absolute atomic E-state index is 11.6. The van der Waals surface area contributed by atoms with Crippen LogP contribution in [0.25, 0.3) is 5.69 Å². The van der Waals surface area contributed by atoms with E-state index in [0.29, 0.717) is 35.7 Å². The molecule has 0 saturated carbocycles. The highest BCUT2D eigenvalue weighted by Crippen LogP contribution is 2.39. The van der Waals surface area contributed by atoms with Crippen LogP contribution in [0, 0.1) is 30.9 Å². The van der Waals surface area contributed by atoms with E-state index >= 15 is 0 Å². The van der Waals surface area contributed by atoms with Gasteiger partial charge in [-0.3, -0.25) is 14.7 Å². The highest BCUT2D eigenvalue weighted by Gasteiger charge is 2.25. The molecule has 0 amide bonds. The Labute approximate surface area is 220 Å². The number of hydrogen-bond acceptors (Lipinski definition) is 7. The van der Waals surface area contributed by atoms with Crippen LogP contribution in [0.15, 0.2) is 71.9 Å². The molecule has 4 rings (SSSR count). The summed E-state index contributed by atoms with van der Waals surface area (Å²) in [5, 5.41) is 20.3. The lowest BCUT2D eigenvalue weighted by Gasteiger charge is -2.17. The smallest absolute Gasteiger partial charge is 0.220 e. The summed E-state index contributed by atoms with van der Waals surface area (Å²) in [5.74, 6) is 1.86. The average molecular weight is 519 g/mol. The van der Waals surface area contributed by atoms with Gasteiger partial charge in [-0.15, -0.1) is 10.2 Å². The van der Waals surface area contributed by atoms with E-state index in [1.54, 1.807) is 0 Å². The summed E-state index contributed by atoms with van der Waals surface area (Å²) in [7, 11) is 0. The minimum Gasteiger partial charge on any atom is -0.490 e. The highest BCUT2D eigenvalue weighted by atomic mass is 32.2. The molecular formula is C28H30N4O4S. The molecule has 0 unspecified atom stereocenters. The van der Waals surface area contributed by atoms with E-state index < -0.39 is 5.25 Å². The molecule has 0 aliphatic rings. The molecule has 4 aromatic rings.